The van der Waals surface area contributed by atoms with Crippen molar-refractivity contribution < 1.29 is 59.5 Å². The molecule has 2 aliphatic heterocycles. The van der Waals surface area contributed by atoms with E-state index in [0.717, 1.165) is 64.2 Å². The first-order chi connectivity index (χ1) is 24.7. The lowest BCUT2D eigenvalue weighted by atomic mass is 9.33. The van der Waals surface area contributed by atoms with Crippen molar-refractivity contribution in [1.29, 1.82) is 0 Å². The highest BCUT2D eigenvalue weighted by Gasteiger charge is 2.69. The van der Waals surface area contributed by atoms with Crippen molar-refractivity contribution in [3.05, 3.63) is 11.6 Å². The van der Waals surface area contributed by atoms with Gasteiger partial charge >= 0.3 is 5.97 Å². The number of hydrogen-bond donors (Lipinski definition) is 7. The smallest absolute Gasteiger partial charge is 0.310 e. The Morgan fingerprint density at radius 3 is 2.19 bits per heavy atom. The van der Waals surface area contributed by atoms with Gasteiger partial charge < -0.3 is 54.7 Å². The van der Waals surface area contributed by atoms with Crippen LogP contribution in [0, 0.1) is 50.2 Å². The van der Waals surface area contributed by atoms with Crippen molar-refractivity contribution in [2.45, 2.75) is 174 Å². The first-order valence-corrected chi connectivity index (χ1v) is 20.2. The molecule has 0 bridgehead atoms. The Hall–Kier alpha value is -1.19. The summed E-state index contributed by atoms with van der Waals surface area (Å²) in [5, 5.41) is 73.3. The van der Waals surface area contributed by atoms with Crippen LogP contribution in [0.1, 0.15) is 113 Å². The van der Waals surface area contributed by atoms with Crippen LogP contribution in [0.3, 0.4) is 0 Å². The Morgan fingerprint density at radius 1 is 0.811 bits per heavy atom. The minimum absolute atomic E-state index is 0.00935. The van der Waals surface area contributed by atoms with Gasteiger partial charge in [0.15, 0.2) is 12.6 Å². The molecular weight excluding hydrogens is 684 g/mol. The molecule has 7 aliphatic rings. The molecule has 0 radical (unpaired) electrons. The molecule has 0 aromatic carbocycles. The number of aliphatic hydroxyl groups is 6. The summed E-state index contributed by atoms with van der Waals surface area (Å²) in [7, 11) is 0. The molecular formula is C41H66O12. The van der Waals surface area contributed by atoms with Crippen LogP contribution in [-0.4, -0.2) is 116 Å². The van der Waals surface area contributed by atoms with Gasteiger partial charge in [-0.2, -0.15) is 0 Å². The van der Waals surface area contributed by atoms with Gasteiger partial charge in [0.2, 0.25) is 0 Å². The number of carboxylic acids is 1. The van der Waals surface area contributed by atoms with Gasteiger partial charge in [0, 0.05) is 0 Å². The lowest BCUT2D eigenvalue weighted by molar-refractivity contribution is -0.367. The summed E-state index contributed by atoms with van der Waals surface area (Å²) < 4.78 is 24.3. The summed E-state index contributed by atoms with van der Waals surface area (Å²) in [6.45, 7) is 15.7. The van der Waals surface area contributed by atoms with Crippen LogP contribution in [0.25, 0.3) is 0 Å². The standard InChI is InChI=1S/C41H66O12/c1-36(2)14-16-41(35(48)49)17-15-39(6)21(22(41)18-36)8-9-26-38(5)12-11-27(37(3,4)25(38)10-13-40(26,39)7)52-34-32(28(44)23(43)20-50-34)53-33-31(47)30(46)29(45)24(19-42)51-33/h8,22-34,42-47H,9-20H2,1-7H3,(H,48,49)/t22-,23-,24+,25-,26+,27-,28-,29+,30-,31+,32+,33-,34-,38-,39+,40+,41-/m1/s1. The van der Waals surface area contributed by atoms with Crippen LogP contribution in [0.2, 0.25) is 0 Å². The zero-order valence-electron chi connectivity index (χ0n) is 32.7. The number of aliphatic carboxylic acids is 1. The van der Waals surface area contributed by atoms with E-state index in [1.54, 1.807) is 0 Å². The second kappa shape index (κ2) is 13.5. The third-order valence-corrected chi connectivity index (χ3v) is 16.9. The molecule has 0 aromatic rings. The predicted molar refractivity (Wildman–Crippen MR) is 192 cm³/mol. The van der Waals surface area contributed by atoms with E-state index in [9.17, 15) is 40.5 Å². The molecule has 4 saturated carbocycles. The number of carboxylic acid groups (broad SMARTS) is 1. The molecule has 0 amide bonds. The molecule has 6 fully saturated rings. The maximum Gasteiger partial charge on any atom is 0.310 e. The molecule has 53 heavy (non-hydrogen) atoms. The van der Waals surface area contributed by atoms with E-state index in [0.29, 0.717) is 11.8 Å². The number of hydrogen-bond acceptors (Lipinski definition) is 11. The maximum absolute atomic E-state index is 13.0. The molecule has 0 aromatic heterocycles. The van der Waals surface area contributed by atoms with Crippen molar-refractivity contribution in [1.82, 2.24) is 0 Å². The lowest BCUT2D eigenvalue weighted by Gasteiger charge is -2.71. The van der Waals surface area contributed by atoms with Crippen LogP contribution in [0.4, 0.5) is 0 Å². The summed E-state index contributed by atoms with van der Waals surface area (Å²) in [6.07, 6.45) is -1.79. The highest BCUT2D eigenvalue weighted by Crippen LogP contribution is 2.76. The van der Waals surface area contributed by atoms with Crippen molar-refractivity contribution in [2.24, 2.45) is 50.2 Å². The fraction of sp³-hybridized carbons (Fsp3) is 0.927. The average molecular weight is 751 g/mol. The Balaban J connectivity index is 1.13. The highest BCUT2D eigenvalue weighted by atomic mass is 16.8. The fourth-order valence-electron chi connectivity index (χ4n) is 13.4. The lowest BCUT2D eigenvalue weighted by Crippen LogP contribution is -2.66. The van der Waals surface area contributed by atoms with E-state index in [-0.39, 0.29) is 45.7 Å². The van der Waals surface area contributed by atoms with E-state index in [1.807, 2.05) is 0 Å². The van der Waals surface area contributed by atoms with E-state index < -0.39 is 73.3 Å². The second-order valence-electron chi connectivity index (χ2n) is 20.2. The van der Waals surface area contributed by atoms with Crippen LogP contribution < -0.4 is 0 Å². The minimum atomic E-state index is -1.69. The van der Waals surface area contributed by atoms with Crippen molar-refractivity contribution in [2.75, 3.05) is 13.2 Å². The Morgan fingerprint density at radius 2 is 1.51 bits per heavy atom. The van der Waals surface area contributed by atoms with Gasteiger partial charge in [-0.15, -0.1) is 0 Å². The van der Waals surface area contributed by atoms with Crippen molar-refractivity contribution in [3.8, 4) is 0 Å². The first-order valence-electron chi connectivity index (χ1n) is 20.2. The molecule has 7 N–H and O–H groups in total. The summed E-state index contributed by atoms with van der Waals surface area (Å²) in [4.78, 5) is 13.0. The van der Waals surface area contributed by atoms with Crippen LogP contribution in [0.15, 0.2) is 11.6 Å². The molecule has 2 heterocycles. The Labute approximate surface area is 314 Å². The van der Waals surface area contributed by atoms with Gasteiger partial charge in [0.1, 0.15) is 42.7 Å². The number of aliphatic hydroxyl groups excluding tert-OH is 6. The molecule has 2 saturated heterocycles. The summed E-state index contributed by atoms with van der Waals surface area (Å²) in [5.41, 5.74) is 0.450. The van der Waals surface area contributed by atoms with E-state index in [4.69, 9.17) is 18.9 Å². The van der Waals surface area contributed by atoms with Crippen LogP contribution in [0.5, 0.6) is 0 Å². The summed E-state index contributed by atoms with van der Waals surface area (Å²) >= 11 is 0. The topological polar surface area (TPSA) is 196 Å². The first kappa shape index (κ1) is 40.0. The van der Waals surface area contributed by atoms with Crippen molar-refractivity contribution >= 4 is 5.97 Å². The minimum Gasteiger partial charge on any atom is -0.481 e. The van der Waals surface area contributed by atoms with E-state index >= 15 is 0 Å². The molecule has 0 unspecified atom stereocenters. The Bertz CT molecular complexity index is 1430. The molecule has 12 nitrogen and oxygen atoms in total. The maximum atomic E-state index is 13.0. The largest absolute Gasteiger partial charge is 0.481 e. The number of carbonyl (C=O) groups is 1. The molecule has 12 heteroatoms. The number of ether oxygens (including phenoxy) is 4. The quantitative estimate of drug-likeness (QED) is 0.155. The van der Waals surface area contributed by atoms with Crippen LogP contribution >= 0.6 is 0 Å². The number of allylic oxidation sites excluding steroid dienone is 2. The third kappa shape index (κ3) is 5.94. The molecule has 5 aliphatic carbocycles. The number of rotatable bonds is 6. The van der Waals surface area contributed by atoms with E-state index in [2.05, 4.69) is 54.5 Å². The van der Waals surface area contributed by atoms with Gasteiger partial charge in [-0.3, -0.25) is 4.79 Å². The molecule has 302 valence electrons. The normalized spacial score (nSPS) is 53.3. The van der Waals surface area contributed by atoms with E-state index in [1.165, 1.54) is 5.57 Å². The molecule has 0 spiro atoms. The summed E-state index contributed by atoms with van der Waals surface area (Å²) in [5.74, 6) is 0.147. The van der Waals surface area contributed by atoms with Gasteiger partial charge in [-0.05, 0) is 109 Å². The zero-order chi connectivity index (χ0) is 38.7. The van der Waals surface area contributed by atoms with Gasteiger partial charge in [-0.25, -0.2) is 0 Å². The van der Waals surface area contributed by atoms with Gasteiger partial charge in [-0.1, -0.05) is 60.1 Å². The molecule has 7 rings (SSSR count). The second-order valence-corrected chi connectivity index (χ2v) is 20.2. The average Bonchev–Trinajstić information content (AvgIpc) is 3.08. The zero-order valence-corrected chi connectivity index (χ0v) is 32.7. The highest BCUT2D eigenvalue weighted by molar-refractivity contribution is 5.76. The molecule has 17 atom stereocenters. The summed E-state index contributed by atoms with van der Waals surface area (Å²) in [6, 6.07) is 0. The fourth-order valence-corrected chi connectivity index (χ4v) is 13.4. The monoisotopic (exact) mass is 750 g/mol. The third-order valence-electron chi connectivity index (χ3n) is 16.9. The Kier molecular flexibility index (Phi) is 10.2. The predicted octanol–water partition coefficient (Wildman–Crippen LogP) is 3.52. The number of fused-ring (bicyclic) bond motifs is 7. The van der Waals surface area contributed by atoms with Crippen molar-refractivity contribution in [3.63, 3.8) is 0 Å². The van der Waals surface area contributed by atoms with Gasteiger partial charge in [0.05, 0.1) is 24.7 Å². The SMILES string of the molecule is CC1(C)CC[C@@]2(C(=O)O)CC[C@@]3(C)C(=CC[C@H]4[C@]5(C)CC[C@@H](O[C@H]6OC[C@@H](O)[C@@H](O)[C@@H]6O[C@H]6O[C@@H](CO)[C@H](O)[C@@H](O)[C@@H]6O)C(C)(C)[C@H]5CC[C@@]43C)[C@H]2C1. The van der Waals surface area contributed by atoms with Gasteiger partial charge in [0.25, 0.3) is 0 Å². The van der Waals surface area contributed by atoms with Crippen LogP contribution in [-0.2, 0) is 23.7 Å².